The Labute approximate surface area is 137 Å². The first kappa shape index (κ1) is 17.7. The summed E-state index contributed by atoms with van der Waals surface area (Å²) in [6.07, 6.45) is 1.05. The predicted molar refractivity (Wildman–Crippen MR) is 89.4 cm³/mol. The molecule has 5 nitrogen and oxygen atoms in total. The molecule has 0 saturated carbocycles. The van der Waals surface area contributed by atoms with Crippen molar-refractivity contribution in [3.05, 3.63) is 60.2 Å². The third-order valence-corrected chi connectivity index (χ3v) is 6.77. The van der Waals surface area contributed by atoms with Gasteiger partial charge in [0.25, 0.3) is 0 Å². The van der Waals surface area contributed by atoms with Crippen molar-refractivity contribution in [2.75, 3.05) is 13.3 Å². The summed E-state index contributed by atoms with van der Waals surface area (Å²) in [4.78, 5) is -0.0509. The molecule has 0 aromatic heterocycles. The Morgan fingerprint density at radius 3 is 2.00 bits per heavy atom. The molecule has 0 fully saturated rings. The molecule has 0 N–H and O–H groups in total. The molecule has 0 amide bonds. The van der Waals surface area contributed by atoms with Crippen LogP contribution in [-0.2, 0) is 19.9 Å². The third-order valence-electron chi connectivity index (χ3n) is 3.74. The van der Waals surface area contributed by atoms with Crippen LogP contribution in [0.1, 0.15) is 18.5 Å². The van der Waals surface area contributed by atoms with Gasteiger partial charge < -0.3 is 0 Å². The zero-order valence-electron chi connectivity index (χ0n) is 13.2. The first-order valence-corrected chi connectivity index (χ1v) is 10.3. The van der Waals surface area contributed by atoms with Crippen LogP contribution in [0.2, 0.25) is 0 Å². The molecule has 1 atom stereocenters. The van der Waals surface area contributed by atoms with Crippen LogP contribution in [0.5, 0.6) is 0 Å². The maximum absolute atomic E-state index is 12.8. The van der Waals surface area contributed by atoms with E-state index in [-0.39, 0.29) is 15.8 Å². The lowest BCUT2D eigenvalue weighted by Crippen LogP contribution is -2.29. The van der Waals surface area contributed by atoms with Gasteiger partial charge >= 0.3 is 0 Å². The quantitative estimate of drug-likeness (QED) is 0.828. The summed E-state index contributed by atoms with van der Waals surface area (Å²) in [7, 11) is -5.78. The monoisotopic (exact) mass is 353 g/mol. The fraction of sp³-hybridized carbons (Fsp3) is 0.250. The van der Waals surface area contributed by atoms with Crippen LogP contribution in [0, 0.1) is 0 Å². The van der Waals surface area contributed by atoms with Crippen molar-refractivity contribution in [2.45, 2.75) is 22.8 Å². The number of hydrogen-bond acceptors (Lipinski definition) is 4. The minimum Gasteiger partial charge on any atom is -0.224 e. The first-order valence-electron chi connectivity index (χ1n) is 6.97. The topological polar surface area (TPSA) is 71.5 Å². The molecular formula is C16H19NO4S2. The number of sulfone groups is 1. The molecule has 0 aliphatic carbocycles. The van der Waals surface area contributed by atoms with Gasteiger partial charge in [0, 0.05) is 19.3 Å². The smallest absolute Gasteiger partial charge is 0.224 e. The fourth-order valence-electron chi connectivity index (χ4n) is 2.18. The lowest BCUT2D eigenvalue weighted by molar-refractivity contribution is 0.398. The molecule has 0 aliphatic rings. The minimum absolute atomic E-state index is 0.0145. The second-order valence-corrected chi connectivity index (χ2v) is 9.37. The molecule has 0 radical (unpaired) electrons. The largest absolute Gasteiger partial charge is 0.243 e. The molecular weight excluding hydrogens is 334 g/mol. The van der Waals surface area contributed by atoms with Crippen LogP contribution >= 0.6 is 0 Å². The van der Waals surface area contributed by atoms with E-state index in [4.69, 9.17) is 0 Å². The Hall–Kier alpha value is -1.70. The van der Waals surface area contributed by atoms with Crippen LogP contribution in [0.3, 0.4) is 0 Å². The summed E-state index contributed by atoms with van der Waals surface area (Å²) in [6, 6.07) is 14.3. The molecule has 23 heavy (non-hydrogen) atoms. The predicted octanol–water partition coefficient (Wildman–Crippen LogP) is 2.47. The number of rotatable bonds is 5. The summed E-state index contributed by atoms with van der Waals surface area (Å²) in [6.45, 7) is 1.79. The molecule has 124 valence electrons. The highest BCUT2D eigenvalue weighted by atomic mass is 32.2. The van der Waals surface area contributed by atoms with Crippen LogP contribution in [-0.4, -0.2) is 34.4 Å². The van der Waals surface area contributed by atoms with Crippen molar-refractivity contribution in [1.82, 2.24) is 4.31 Å². The Kier molecular flexibility index (Phi) is 4.93. The van der Waals surface area contributed by atoms with Gasteiger partial charge in [-0.15, -0.1) is 0 Å². The zero-order chi connectivity index (χ0) is 17.3. The normalized spacial score (nSPS) is 13.9. The molecule has 0 bridgehead atoms. The van der Waals surface area contributed by atoms with Gasteiger partial charge in [-0.1, -0.05) is 36.4 Å². The Morgan fingerprint density at radius 2 is 1.43 bits per heavy atom. The van der Waals surface area contributed by atoms with Crippen molar-refractivity contribution < 1.29 is 16.8 Å². The summed E-state index contributed by atoms with van der Waals surface area (Å²) in [5.74, 6) is 0. The van der Waals surface area contributed by atoms with Gasteiger partial charge in [0.05, 0.1) is 9.79 Å². The highest BCUT2D eigenvalue weighted by molar-refractivity contribution is 7.91. The highest BCUT2D eigenvalue weighted by Crippen LogP contribution is 2.26. The molecule has 2 aromatic carbocycles. The van der Waals surface area contributed by atoms with Gasteiger partial charge in [-0.2, -0.15) is 4.31 Å². The van der Waals surface area contributed by atoms with Gasteiger partial charge in [0.15, 0.2) is 9.84 Å². The fourth-order valence-corrected chi connectivity index (χ4v) is 4.32. The lowest BCUT2D eigenvalue weighted by Gasteiger charge is -2.24. The molecule has 0 spiro atoms. The SMILES string of the molecule is CC(c1ccccc1)N(C)S(=O)(=O)c1cccc(S(C)(=O)=O)c1. The number of benzene rings is 2. The van der Waals surface area contributed by atoms with Crippen LogP contribution in [0.25, 0.3) is 0 Å². The van der Waals surface area contributed by atoms with Crippen molar-refractivity contribution in [2.24, 2.45) is 0 Å². The van der Waals surface area contributed by atoms with Crippen LogP contribution in [0.15, 0.2) is 64.4 Å². The van der Waals surface area contributed by atoms with Crippen LogP contribution < -0.4 is 0 Å². The standard InChI is InChI=1S/C16H19NO4S2/c1-13(14-8-5-4-6-9-14)17(2)23(20,21)16-11-7-10-15(12-16)22(3,18)19/h4-13H,1-3H3. The average Bonchev–Trinajstić information content (AvgIpc) is 2.53. The maximum atomic E-state index is 12.8. The van der Waals surface area contributed by atoms with Crippen LogP contribution in [0.4, 0.5) is 0 Å². The molecule has 0 saturated heterocycles. The minimum atomic E-state index is -3.80. The number of sulfonamides is 1. The number of nitrogens with zero attached hydrogens (tertiary/aromatic N) is 1. The maximum Gasteiger partial charge on any atom is 0.243 e. The van der Waals surface area contributed by atoms with Crippen molar-refractivity contribution in [3.63, 3.8) is 0 Å². The zero-order valence-corrected chi connectivity index (χ0v) is 14.8. The van der Waals surface area contributed by atoms with Gasteiger partial charge in [-0.25, -0.2) is 16.8 Å². The van der Waals surface area contributed by atoms with E-state index in [1.807, 2.05) is 30.3 Å². The van der Waals surface area contributed by atoms with Gasteiger partial charge in [-0.05, 0) is 30.7 Å². The van der Waals surface area contributed by atoms with E-state index >= 15 is 0 Å². The lowest BCUT2D eigenvalue weighted by atomic mass is 10.1. The first-order chi connectivity index (χ1) is 10.6. The third kappa shape index (κ3) is 3.80. The van der Waals surface area contributed by atoms with E-state index in [1.165, 1.54) is 35.6 Å². The van der Waals surface area contributed by atoms with E-state index in [0.717, 1.165) is 11.8 Å². The number of hydrogen-bond donors (Lipinski definition) is 0. The van der Waals surface area contributed by atoms with E-state index in [0.29, 0.717) is 0 Å². The van der Waals surface area contributed by atoms with Gasteiger partial charge in [-0.3, -0.25) is 0 Å². The van der Waals surface area contributed by atoms with Crippen molar-refractivity contribution in [1.29, 1.82) is 0 Å². The van der Waals surface area contributed by atoms with E-state index in [9.17, 15) is 16.8 Å². The summed E-state index contributed by atoms with van der Waals surface area (Å²) in [5, 5.41) is 0. The highest BCUT2D eigenvalue weighted by Gasteiger charge is 2.27. The van der Waals surface area contributed by atoms with Crippen molar-refractivity contribution in [3.8, 4) is 0 Å². The molecule has 0 aliphatic heterocycles. The summed E-state index contributed by atoms with van der Waals surface area (Å²) >= 11 is 0. The van der Waals surface area contributed by atoms with E-state index in [1.54, 1.807) is 6.92 Å². The molecule has 2 aromatic rings. The molecule has 7 heteroatoms. The molecule has 0 heterocycles. The Balaban J connectivity index is 2.42. The molecule has 2 rings (SSSR count). The Bertz CT molecular complexity index is 891. The van der Waals surface area contributed by atoms with Gasteiger partial charge in [0.1, 0.15) is 0 Å². The average molecular weight is 353 g/mol. The van der Waals surface area contributed by atoms with E-state index < -0.39 is 19.9 Å². The van der Waals surface area contributed by atoms with Crippen molar-refractivity contribution >= 4 is 19.9 Å². The summed E-state index contributed by atoms with van der Waals surface area (Å²) in [5.41, 5.74) is 0.859. The van der Waals surface area contributed by atoms with E-state index in [2.05, 4.69) is 0 Å². The second kappa shape index (κ2) is 6.43. The van der Waals surface area contributed by atoms with Gasteiger partial charge in [0.2, 0.25) is 10.0 Å². The second-order valence-electron chi connectivity index (χ2n) is 5.35. The summed E-state index contributed by atoms with van der Waals surface area (Å²) < 4.78 is 50.0. The Morgan fingerprint density at radius 1 is 0.870 bits per heavy atom. The molecule has 1 unspecified atom stereocenters.